The maximum absolute atomic E-state index is 11.8. The van der Waals surface area contributed by atoms with Gasteiger partial charge in [0.15, 0.2) is 17.4 Å². The number of hydrogen-bond acceptors (Lipinski definition) is 11. The molecule has 6 aromatic heterocycles. The number of Topliss-reactive ketones (excluding diaryl/α,β-unsaturated/α-hetero) is 1. The Labute approximate surface area is 353 Å². The highest BCUT2D eigenvalue weighted by atomic mass is 35.5. The van der Waals surface area contributed by atoms with Crippen molar-refractivity contribution in [2.75, 3.05) is 0 Å². The molecule has 2 saturated carbocycles. The maximum Gasteiger partial charge on any atom is 0.178 e. The zero-order chi connectivity index (χ0) is 41.2. The van der Waals surface area contributed by atoms with Crippen molar-refractivity contribution < 1.29 is 15.2 Å². The summed E-state index contributed by atoms with van der Waals surface area (Å²) in [5.41, 5.74) is 11.9. The van der Waals surface area contributed by atoms with Gasteiger partial charge in [0, 0.05) is 40.2 Å². The molecule has 2 fully saturated rings. The Balaban J connectivity index is 0.000000172. The van der Waals surface area contributed by atoms with Crippen LogP contribution in [0.1, 0.15) is 90.1 Å². The molecule has 10 rings (SSSR count). The van der Waals surface area contributed by atoms with E-state index in [0.717, 1.165) is 62.0 Å². The second-order valence-corrected chi connectivity index (χ2v) is 15.0. The lowest BCUT2D eigenvalue weighted by molar-refractivity contribution is 0.101. The zero-order valence-electron chi connectivity index (χ0n) is 33.7. The van der Waals surface area contributed by atoms with Crippen molar-refractivity contribution in [3.05, 3.63) is 143 Å². The van der Waals surface area contributed by atoms with Crippen LogP contribution in [-0.2, 0) is 0 Å². The molecule has 0 saturated heterocycles. The van der Waals surface area contributed by atoms with Gasteiger partial charge in [-0.25, -0.2) is 35.2 Å². The Morgan fingerprint density at radius 1 is 0.633 bits per heavy atom. The zero-order valence-corrected chi connectivity index (χ0v) is 34.5. The van der Waals surface area contributed by atoms with E-state index in [2.05, 4.69) is 60.5 Å². The van der Waals surface area contributed by atoms with Crippen LogP contribution < -0.4 is 5.90 Å². The minimum Gasteiger partial charge on any atom is -0.411 e. The number of hydrogen-bond donors (Lipinski definition) is 3. The van der Waals surface area contributed by atoms with Gasteiger partial charge >= 0.3 is 0 Å². The number of nitrogens with two attached hydrogens (primary N) is 1. The molecule has 0 bridgehead atoms. The van der Waals surface area contributed by atoms with E-state index in [-0.39, 0.29) is 18.2 Å². The summed E-state index contributed by atoms with van der Waals surface area (Å²) >= 11 is 0. The number of halogens is 1. The number of carbonyl (C=O) groups excluding carboxylic acids is 1. The van der Waals surface area contributed by atoms with Gasteiger partial charge in [-0.2, -0.15) is 10.2 Å². The largest absolute Gasteiger partial charge is 0.411 e. The van der Waals surface area contributed by atoms with E-state index in [0.29, 0.717) is 28.9 Å². The fraction of sp³-hybridized carbons (Fsp3) is 0.217. The molecule has 2 aliphatic carbocycles. The fourth-order valence-corrected chi connectivity index (χ4v) is 7.37. The van der Waals surface area contributed by atoms with Gasteiger partial charge in [0.2, 0.25) is 0 Å². The number of aromatic nitrogens is 8. The van der Waals surface area contributed by atoms with Gasteiger partial charge < -0.3 is 10.4 Å². The van der Waals surface area contributed by atoms with Gasteiger partial charge in [0.05, 0.1) is 40.5 Å². The van der Waals surface area contributed by atoms with Crippen LogP contribution in [-0.4, -0.2) is 61.4 Å². The standard InChI is InChI=1S/C23H21N5O.C23H20N4O.ClH.H3NO/c1-14-5-3-8-23(25-14)28-22-12-17(11-18(16-9-10-16)19(22)13-24-28)21-7-4-6-20(26-21)15(2)27-29;1-14-5-3-8-23(25-14)27-22-12-17(21-7-4-6-20(26-21)15(2)28)11-18(16-9-10-16)19(22)13-24-27;;1-2/h3-8,11-13,16,29H,9-10H2,1-2H3;3-8,11-13,16H,9-10H2,1-2H3;1H;2H,1H2/b27-15-;;;. The van der Waals surface area contributed by atoms with Crippen LogP contribution in [0, 0.1) is 13.8 Å². The number of fused-ring (bicyclic) bond motifs is 2. The molecular weight excluding hydrogens is 776 g/mol. The van der Waals surface area contributed by atoms with Crippen molar-refractivity contribution in [1.29, 1.82) is 0 Å². The van der Waals surface area contributed by atoms with Gasteiger partial charge in [-0.3, -0.25) is 4.79 Å². The summed E-state index contributed by atoms with van der Waals surface area (Å²) in [4.78, 5) is 30.3. The van der Waals surface area contributed by atoms with E-state index in [4.69, 9.17) is 15.4 Å². The lowest BCUT2D eigenvalue weighted by Crippen LogP contribution is -2.01. The molecule has 4 N–H and O–H groups in total. The number of pyridine rings is 4. The van der Waals surface area contributed by atoms with Crippen molar-refractivity contribution in [2.24, 2.45) is 11.1 Å². The Morgan fingerprint density at radius 3 is 1.48 bits per heavy atom. The number of oxime groups is 1. The van der Waals surface area contributed by atoms with E-state index in [1.165, 1.54) is 42.2 Å². The molecule has 0 atom stereocenters. The molecule has 2 aromatic carbocycles. The second kappa shape index (κ2) is 17.7. The minimum atomic E-state index is -0.0284. The average Bonchev–Trinajstić information content (AvgIpc) is 4.21. The van der Waals surface area contributed by atoms with Gasteiger partial charge in [-0.1, -0.05) is 29.4 Å². The quantitative estimate of drug-likeness (QED) is 0.0578. The monoisotopic (exact) mass is 820 g/mol. The summed E-state index contributed by atoms with van der Waals surface area (Å²) in [6.45, 7) is 7.25. The minimum absolute atomic E-state index is 0. The SMILES string of the molecule is C/C(=N/O)c1cccc(-c2cc(C3CC3)c3cnn(-c4cccc(C)n4)c3c2)n1.CC(=O)c1cccc(-c2cc(C3CC3)c3cnn(-c4cccc(C)n4)c3c2)n1.Cl.NO. The van der Waals surface area contributed by atoms with Gasteiger partial charge in [-0.05, 0) is 142 Å². The Bertz CT molecular complexity index is 2880. The fourth-order valence-electron chi connectivity index (χ4n) is 7.37. The molecule has 13 nitrogen and oxygen atoms in total. The third kappa shape index (κ3) is 8.55. The molecule has 0 spiro atoms. The summed E-state index contributed by atoms with van der Waals surface area (Å²) in [5.74, 6) is 6.23. The smallest absolute Gasteiger partial charge is 0.178 e. The summed E-state index contributed by atoms with van der Waals surface area (Å²) < 4.78 is 3.80. The van der Waals surface area contributed by atoms with Crippen LogP contribution in [0.4, 0.5) is 0 Å². The third-order valence-electron chi connectivity index (χ3n) is 10.6. The van der Waals surface area contributed by atoms with Crippen LogP contribution in [0.3, 0.4) is 0 Å². The Morgan fingerprint density at radius 2 is 1.07 bits per heavy atom. The summed E-state index contributed by atoms with van der Waals surface area (Å²) in [6.07, 6.45) is 8.70. The van der Waals surface area contributed by atoms with Crippen LogP contribution in [0.15, 0.2) is 115 Å². The van der Waals surface area contributed by atoms with Crippen LogP contribution in [0.2, 0.25) is 0 Å². The first-order valence-corrected chi connectivity index (χ1v) is 19.6. The first-order chi connectivity index (χ1) is 28.7. The lowest BCUT2D eigenvalue weighted by atomic mass is 10.00. The van der Waals surface area contributed by atoms with Crippen LogP contribution in [0.5, 0.6) is 0 Å². The topological polar surface area (TPSA) is 183 Å². The molecule has 0 amide bonds. The van der Waals surface area contributed by atoms with E-state index in [9.17, 15) is 4.79 Å². The maximum atomic E-state index is 11.8. The molecule has 0 radical (unpaired) electrons. The van der Waals surface area contributed by atoms with E-state index in [1.54, 1.807) is 19.9 Å². The van der Waals surface area contributed by atoms with Gasteiger partial charge in [-0.15, -0.1) is 12.4 Å². The summed E-state index contributed by atoms with van der Waals surface area (Å²) in [7, 11) is 0. The molecule has 60 heavy (non-hydrogen) atoms. The van der Waals surface area contributed by atoms with E-state index >= 15 is 0 Å². The normalized spacial score (nSPS) is 13.5. The first kappa shape index (κ1) is 41.5. The highest BCUT2D eigenvalue weighted by Gasteiger charge is 2.29. The van der Waals surface area contributed by atoms with Gasteiger partial charge in [0.1, 0.15) is 11.4 Å². The van der Waals surface area contributed by atoms with Crippen molar-refractivity contribution in [2.45, 2.75) is 65.2 Å². The predicted molar refractivity (Wildman–Crippen MR) is 235 cm³/mol. The number of rotatable bonds is 8. The molecule has 0 unspecified atom stereocenters. The van der Waals surface area contributed by atoms with Gasteiger partial charge in [0.25, 0.3) is 0 Å². The number of benzene rings is 2. The number of aryl methyl sites for hydroxylation is 2. The van der Waals surface area contributed by atoms with E-state index in [1.807, 2.05) is 102 Å². The van der Waals surface area contributed by atoms with Crippen LogP contribution in [0.25, 0.3) is 56.0 Å². The predicted octanol–water partition coefficient (Wildman–Crippen LogP) is 9.49. The number of ketones is 1. The average molecular weight is 821 g/mol. The first-order valence-electron chi connectivity index (χ1n) is 19.6. The lowest BCUT2D eigenvalue weighted by Gasteiger charge is -2.10. The Kier molecular flexibility index (Phi) is 12.2. The highest BCUT2D eigenvalue weighted by molar-refractivity contribution is 5.97. The van der Waals surface area contributed by atoms with Crippen molar-refractivity contribution in [3.63, 3.8) is 0 Å². The molecular formula is C46H45ClN10O3. The molecule has 2 aliphatic rings. The third-order valence-corrected chi connectivity index (χ3v) is 10.6. The summed E-state index contributed by atoms with van der Waals surface area (Å²) in [6, 6.07) is 31.9. The Hall–Kier alpha value is -6.67. The molecule has 14 heteroatoms. The molecule has 8 aromatic rings. The highest BCUT2D eigenvalue weighted by Crippen LogP contribution is 2.46. The molecule has 6 heterocycles. The van der Waals surface area contributed by atoms with Crippen LogP contribution >= 0.6 is 12.4 Å². The van der Waals surface area contributed by atoms with E-state index < -0.39 is 0 Å². The summed E-state index contributed by atoms with van der Waals surface area (Å²) in [5, 5.41) is 30.5. The van der Waals surface area contributed by atoms with Crippen molar-refractivity contribution in [1.82, 2.24) is 39.5 Å². The second-order valence-electron chi connectivity index (χ2n) is 15.0. The molecule has 0 aliphatic heterocycles. The number of nitrogens with zero attached hydrogens (tertiary/aromatic N) is 9. The molecule has 304 valence electrons. The number of carbonyl (C=O) groups is 1. The van der Waals surface area contributed by atoms with Crippen molar-refractivity contribution >= 4 is 45.7 Å². The van der Waals surface area contributed by atoms with Crippen molar-refractivity contribution in [3.8, 4) is 34.2 Å².